The first-order valence-corrected chi connectivity index (χ1v) is 8.30. The van der Waals surface area contributed by atoms with E-state index >= 15 is 0 Å². The zero-order valence-electron chi connectivity index (χ0n) is 13.5. The van der Waals surface area contributed by atoms with Crippen LogP contribution in [0.15, 0.2) is 46.9 Å². The summed E-state index contributed by atoms with van der Waals surface area (Å²) in [7, 11) is 0. The Balaban J connectivity index is 2.27. The van der Waals surface area contributed by atoms with E-state index in [1.807, 2.05) is 0 Å². The molecule has 0 fully saturated rings. The molecule has 0 spiro atoms. The second-order valence-corrected chi connectivity index (χ2v) is 6.59. The van der Waals surface area contributed by atoms with Crippen molar-refractivity contribution >= 4 is 50.5 Å². The molecule has 0 saturated heterocycles. The van der Waals surface area contributed by atoms with Crippen LogP contribution < -0.4 is 4.90 Å². The summed E-state index contributed by atoms with van der Waals surface area (Å²) in [6.45, 7) is 2.69. The number of ketones is 1. The number of aliphatic hydroxyl groups is 1. The van der Waals surface area contributed by atoms with Gasteiger partial charge >= 0.3 is 0 Å². The fourth-order valence-corrected chi connectivity index (χ4v) is 3.04. The minimum atomic E-state index is -0.608. The highest BCUT2D eigenvalue weighted by atomic mass is 79.9. The van der Waals surface area contributed by atoms with Crippen molar-refractivity contribution in [1.82, 2.24) is 0 Å². The third kappa shape index (κ3) is 2.89. The van der Waals surface area contributed by atoms with Crippen molar-refractivity contribution in [2.75, 3.05) is 4.90 Å². The Morgan fingerprint density at radius 3 is 2.16 bits per heavy atom. The van der Waals surface area contributed by atoms with Crippen LogP contribution in [-0.2, 0) is 9.59 Å². The van der Waals surface area contributed by atoms with E-state index in [2.05, 4.69) is 15.9 Å². The predicted molar refractivity (Wildman–Crippen MR) is 98.2 cm³/mol. The molecule has 3 rings (SSSR count). The molecule has 2 aromatic rings. The van der Waals surface area contributed by atoms with E-state index < -0.39 is 11.8 Å². The van der Waals surface area contributed by atoms with E-state index in [0.29, 0.717) is 22.4 Å². The molecule has 5 nitrogen and oxygen atoms in total. The van der Waals surface area contributed by atoms with Gasteiger partial charge in [-0.1, -0.05) is 28.1 Å². The van der Waals surface area contributed by atoms with Crippen LogP contribution in [0.2, 0.25) is 0 Å². The van der Waals surface area contributed by atoms with Gasteiger partial charge in [0.05, 0.1) is 11.3 Å². The standard InChI is InChI=1S/C19H14BrNO4/c1-10(22)13-5-8-16-15(9-13)17(19(25)21(16)11(2)23)18(24)12-3-6-14(20)7-4-12/h3-9,24H,1-2H3/b18-17-. The maximum Gasteiger partial charge on any atom is 0.269 e. The summed E-state index contributed by atoms with van der Waals surface area (Å²) in [5.41, 5.74) is 1.58. The first-order chi connectivity index (χ1) is 11.8. The number of Topliss-reactive ketones (excluding diaryl/α,β-unsaturated/α-hetero) is 1. The second-order valence-electron chi connectivity index (χ2n) is 5.68. The highest BCUT2D eigenvalue weighted by molar-refractivity contribution is 9.10. The van der Waals surface area contributed by atoms with E-state index in [1.54, 1.807) is 36.4 Å². The summed E-state index contributed by atoms with van der Waals surface area (Å²) in [6, 6.07) is 11.4. The van der Waals surface area contributed by atoms with Crippen molar-refractivity contribution in [3.63, 3.8) is 0 Å². The Labute approximate surface area is 152 Å². The van der Waals surface area contributed by atoms with Crippen molar-refractivity contribution < 1.29 is 19.5 Å². The zero-order chi connectivity index (χ0) is 18.3. The highest BCUT2D eigenvalue weighted by Crippen LogP contribution is 2.40. The summed E-state index contributed by atoms with van der Waals surface area (Å²) < 4.78 is 0.830. The molecule has 0 aliphatic carbocycles. The molecule has 2 amide bonds. The molecule has 2 aromatic carbocycles. The number of imide groups is 1. The van der Waals surface area contributed by atoms with E-state index in [9.17, 15) is 19.5 Å². The highest BCUT2D eigenvalue weighted by Gasteiger charge is 2.38. The Bertz CT molecular complexity index is 944. The average Bonchev–Trinajstić information content (AvgIpc) is 2.85. The summed E-state index contributed by atoms with van der Waals surface area (Å²) in [6.07, 6.45) is 0. The van der Waals surface area contributed by atoms with Gasteiger partial charge < -0.3 is 5.11 Å². The number of halogens is 1. The minimum Gasteiger partial charge on any atom is -0.506 e. The fraction of sp³-hybridized carbons (Fsp3) is 0.105. The second kappa shape index (κ2) is 6.29. The average molecular weight is 400 g/mol. The van der Waals surface area contributed by atoms with Crippen LogP contribution in [0.5, 0.6) is 0 Å². The molecular formula is C19H14BrNO4. The lowest BCUT2D eigenvalue weighted by Gasteiger charge is -2.12. The number of anilines is 1. The molecule has 126 valence electrons. The van der Waals surface area contributed by atoms with Crippen LogP contribution in [0.1, 0.15) is 35.3 Å². The van der Waals surface area contributed by atoms with Crippen LogP contribution in [0.25, 0.3) is 11.3 Å². The van der Waals surface area contributed by atoms with Gasteiger partial charge in [0.15, 0.2) is 5.78 Å². The van der Waals surface area contributed by atoms with Crippen LogP contribution >= 0.6 is 15.9 Å². The Kier molecular flexibility index (Phi) is 4.30. The Morgan fingerprint density at radius 2 is 1.60 bits per heavy atom. The number of carbonyl (C=O) groups is 3. The van der Waals surface area contributed by atoms with Crippen molar-refractivity contribution in [2.45, 2.75) is 13.8 Å². The molecule has 1 N–H and O–H groups in total. The van der Waals surface area contributed by atoms with Gasteiger partial charge in [0.2, 0.25) is 5.91 Å². The lowest BCUT2D eigenvalue weighted by atomic mass is 9.99. The summed E-state index contributed by atoms with van der Waals surface area (Å²) in [5.74, 6) is -1.47. The molecule has 0 atom stereocenters. The largest absolute Gasteiger partial charge is 0.506 e. The van der Waals surface area contributed by atoms with Gasteiger partial charge in [-0.2, -0.15) is 0 Å². The van der Waals surface area contributed by atoms with Crippen molar-refractivity contribution in [1.29, 1.82) is 0 Å². The number of nitrogens with zero attached hydrogens (tertiary/aromatic N) is 1. The third-order valence-electron chi connectivity index (χ3n) is 4.00. The molecule has 0 radical (unpaired) electrons. The van der Waals surface area contributed by atoms with Gasteiger partial charge in [0, 0.05) is 28.1 Å². The number of aliphatic hydroxyl groups excluding tert-OH is 1. The molecule has 0 aromatic heterocycles. The van der Waals surface area contributed by atoms with Gasteiger partial charge in [-0.05, 0) is 37.3 Å². The molecular weight excluding hydrogens is 386 g/mol. The van der Waals surface area contributed by atoms with Gasteiger partial charge in [0.25, 0.3) is 5.91 Å². The topological polar surface area (TPSA) is 74.7 Å². The van der Waals surface area contributed by atoms with Crippen LogP contribution in [0, 0.1) is 0 Å². The number of amides is 2. The molecule has 0 bridgehead atoms. The molecule has 6 heteroatoms. The number of hydrogen-bond donors (Lipinski definition) is 1. The molecule has 1 heterocycles. The number of rotatable bonds is 2. The first kappa shape index (κ1) is 17.1. The zero-order valence-corrected chi connectivity index (χ0v) is 15.1. The van der Waals surface area contributed by atoms with Crippen molar-refractivity contribution in [3.05, 3.63) is 63.6 Å². The van der Waals surface area contributed by atoms with E-state index in [0.717, 1.165) is 9.37 Å². The van der Waals surface area contributed by atoms with E-state index in [-0.39, 0.29) is 17.1 Å². The van der Waals surface area contributed by atoms with Crippen molar-refractivity contribution in [3.8, 4) is 0 Å². The van der Waals surface area contributed by atoms with Crippen LogP contribution in [-0.4, -0.2) is 22.7 Å². The molecule has 25 heavy (non-hydrogen) atoms. The molecule has 1 aliphatic rings. The Morgan fingerprint density at radius 1 is 1.00 bits per heavy atom. The first-order valence-electron chi connectivity index (χ1n) is 7.51. The monoisotopic (exact) mass is 399 g/mol. The third-order valence-corrected chi connectivity index (χ3v) is 4.53. The summed E-state index contributed by atoms with van der Waals surface area (Å²) in [4.78, 5) is 37.4. The number of fused-ring (bicyclic) bond motifs is 1. The quantitative estimate of drug-likeness (QED) is 0.470. The molecule has 1 aliphatic heterocycles. The van der Waals surface area contributed by atoms with Crippen LogP contribution in [0.3, 0.4) is 0 Å². The smallest absolute Gasteiger partial charge is 0.269 e. The normalized spacial score (nSPS) is 15.2. The molecule has 0 saturated carbocycles. The van der Waals surface area contributed by atoms with Gasteiger partial charge in [-0.25, -0.2) is 4.90 Å². The number of benzene rings is 2. The summed E-state index contributed by atoms with van der Waals surface area (Å²) >= 11 is 3.31. The van der Waals surface area contributed by atoms with Crippen molar-refractivity contribution in [2.24, 2.45) is 0 Å². The van der Waals surface area contributed by atoms with Gasteiger partial charge in [-0.15, -0.1) is 0 Å². The Hall–Kier alpha value is -2.73. The lowest BCUT2D eigenvalue weighted by molar-refractivity contribution is -0.122. The molecule has 0 unspecified atom stereocenters. The van der Waals surface area contributed by atoms with Gasteiger partial charge in [0.1, 0.15) is 5.76 Å². The SMILES string of the molecule is CC(=O)c1ccc2c(c1)/C(=C(/O)c1ccc(Br)cc1)C(=O)N2C(C)=O. The fourth-order valence-electron chi connectivity index (χ4n) is 2.78. The maximum absolute atomic E-state index is 12.8. The lowest BCUT2D eigenvalue weighted by Crippen LogP contribution is -2.31. The maximum atomic E-state index is 12.8. The minimum absolute atomic E-state index is 0.00984. The van der Waals surface area contributed by atoms with Crippen LogP contribution in [0.4, 0.5) is 5.69 Å². The predicted octanol–water partition coefficient (Wildman–Crippen LogP) is 3.97. The van der Waals surface area contributed by atoms with E-state index in [1.165, 1.54) is 19.9 Å². The summed E-state index contributed by atoms with van der Waals surface area (Å²) in [5, 5.41) is 10.7. The number of carbonyl (C=O) groups excluding carboxylic acids is 3. The number of hydrogen-bond acceptors (Lipinski definition) is 4. The van der Waals surface area contributed by atoms with E-state index in [4.69, 9.17) is 0 Å². The van der Waals surface area contributed by atoms with Gasteiger partial charge in [-0.3, -0.25) is 14.4 Å².